The van der Waals surface area contributed by atoms with Gasteiger partial charge in [-0.15, -0.1) is 12.4 Å². The highest BCUT2D eigenvalue weighted by Gasteiger charge is 2.32. The molecule has 2 unspecified atom stereocenters. The van der Waals surface area contributed by atoms with Crippen LogP contribution in [-0.2, 0) is 4.79 Å². The van der Waals surface area contributed by atoms with Crippen LogP contribution in [0.2, 0.25) is 0 Å². The van der Waals surface area contributed by atoms with Crippen LogP contribution in [0.15, 0.2) is 30.3 Å². The Morgan fingerprint density at radius 3 is 2.47 bits per heavy atom. The van der Waals surface area contributed by atoms with Crippen molar-refractivity contribution in [1.82, 2.24) is 5.32 Å². The fraction of sp³-hybridized carbons (Fsp3) is 0.533. The average Bonchev–Trinajstić information content (AvgIpc) is 3.22. The van der Waals surface area contributed by atoms with Gasteiger partial charge in [0.05, 0.1) is 5.92 Å². The lowest BCUT2D eigenvalue weighted by Gasteiger charge is -2.21. The Labute approximate surface area is 121 Å². The minimum absolute atomic E-state index is 0. The van der Waals surface area contributed by atoms with E-state index in [1.807, 2.05) is 37.3 Å². The highest BCUT2D eigenvalue weighted by Crippen LogP contribution is 2.32. The fourth-order valence-corrected chi connectivity index (χ4v) is 2.41. The monoisotopic (exact) mass is 282 g/mol. The third-order valence-corrected chi connectivity index (χ3v) is 3.70. The summed E-state index contributed by atoms with van der Waals surface area (Å²) in [6.45, 7) is 2.59. The lowest BCUT2D eigenvalue weighted by molar-refractivity contribution is -0.123. The van der Waals surface area contributed by atoms with E-state index in [0.717, 1.165) is 12.0 Å². The molecule has 1 saturated carbocycles. The number of nitrogens with one attached hydrogen (secondary N) is 1. The third kappa shape index (κ3) is 4.22. The number of nitrogens with two attached hydrogens (primary N) is 1. The Morgan fingerprint density at radius 1 is 1.37 bits per heavy atom. The van der Waals surface area contributed by atoms with Crippen molar-refractivity contribution in [2.45, 2.75) is 38.1 Å². The standard InChI is InChI=1S/C15H22N2O.ClH/c1-2-13(11-6-4-3-5-7-11)15(18)17-14(10-16)12-8-9-12;/h3-7,12-14H,2,8-10,16H2,1H3,(H,17,18);1H. The van der Waals surface area contributed by atoms with E-state index in [4.69, 9.17) is 5.73 Å². The molecule has 0 spiro atoms. The zero-order valence-corrected chi connectivity index (χ0v) is 12.2. The van der Waals surface area contributed by atoms with Crippen LogP contribution in [0.4, 0.5) is 0 Å². The van der Waals surface area contributed by atoms with E-state index in [2.05, 4.69) is 5.32 Å². The van der Waals surface area contributed by atoms with Gasteiger partial charge in [-0.1, -0.05) is 37.3 Å². The van der Waals surface area contributed by atoms with Crippen LogP contribution >= 0.6 is 12.4 Å². The predicted octanol–water partition coefficient (Wildman–Crippen LogP) is 2.46. The zero-order valence-electron chi connectivity index (χ0n) is 11.3. The Morgan fingerprint density at radius 2 is 2.00 bits per heavy atom. The number of amides is 1. The lowest BCUT2D eigenvalue weighted by atomic mass is 9.95. The van der Waals surface area contributed by atoms with E-state index in [1.165, 1.54) is 12.8 Å². The topological polar surface area (TPSA) is 55.1 Å². The van der Waals surface area contributed by atoms with E-state index < -0.39 is 0 Å². The third-order valence-electron chi connectivity index (χ3n) is 3.70. The summed E-state index contributed by atoms with van der Waals surface area (Å²) < 4.78 is 0. The molecule has 1 aliphatic rings. The van der Waals surface area contributed by atoms with Crippen LogP contribution in [0, 0.1) is 5.92 Å². The number of hydrogen-bond donors (Lipinski definition) is 2. The number of hydrogen-bond acceptors (Lipinski definition) is 2. The number of rotatable bonds is 6. The second kappa shape index (κ2) is 7.51. The maximum Gasteiger partial charge on any atom is 0.227 e. The molecule has 0 aliphatic heterocycles. The van der Waals surface area contributed by atoms with Gasteiger partial charge in [0, 0.05) is 12.6 Å². The first-order chi connectivity index (χ1) is 8.76. The molecule has 3 nitrogen and oxygen atoms in total. The number of carbonyl (C=O) groups excluding carboxylic acids is 1. The molecule has 1 amide bonds. The zero-order chi connectivity index (χ0) is 13.0. The van der Waals surface area contributed by atoms with Crippen LogP contribution < -0.4 is 11.1 Å². The summed E-state index contributed by atoms with van der Waals surface area (Å²) in [4.78, 5) is 12.3. The molecule has 3 N–H and O–H groups in total. The predicted molar refractivity (Wildman–Crippen MR) is 80.4 cm³/mol. The molecule has 106 valence electrons. The molecule has 19 heavy (non-hydrogen) atoms. The number of halogens is 1. The maximum absolute atomic E-state index is 12.3. The first-order valence-corrected chi connectivity index (χ1v) is 6.81. The van der Waals surface area contributed by atoms with E-state index in [0.29, 0.717) is 12.5 Å². The van der Waals surface area contributed by atoms with E-state index in [1.54, 1.807) is 0 Å². The Bertz CT molecular complexity index is 392. The molecule has 0 radical (unpaired) electrons. The summed E-state index contributed by atoms with van der Waals surface area (Å²) in [6, 6.07) is 10.1. The molecule has 2 atom stereocenters. The van der Waals surface area contributed by atoms with Crippen molar-refractivity contribution in [1.29, 1.82) is 0 Å². The SMILES string of the molecule is CCC(C(=O)NC(CN)C1CC1)c1ccccc1.Cl. The molecule has 2 rings (SSSR count). The highest BCUT2D eigenvalue weighted by atomic mass is 35.5. The van der Waals surface area contributed by atoms with Crippen molar-refractivity contribution in [3.63, 3.8) is 0 Å². The first-order valence-electron chi connectivity index (χ1n) is 6.81. The highest BCUT2D eigenvalue weighted by molar-refractivity contribution is 5.85. The van der Waals surface area contributed by atoms with Gasteiger partial charge in [0.25, 0.3) is 0 Å². The molecular formula is C15H23ClN2O. The second-order valence-corrected chi connectivity index (χ2v) is 5.06. The van der Waals surface area contributed by atoms with Gasteiger partial charge in [-0.25, -0.2) is 0 Å². The summed E-state index contributed by atoms with van der Waals surface area (Å²) in [5.74, 6) is 0.664. The van der Waals surface area contributed by atoms with Gasteiger partial charge in [0.15, 0.2) is 0 Å². The molecular weight excluding hydrogens is 260 g/mol. The molecule has 1 aliphatic carbocycles. The molecule has 1 aromatic carbocycles. The van der Waals surface area contributed by atoms with Crippen molar-refractivity contribution in [2.75, 3.05) is 6.54 Å². The van der Waals surface area contributed by atoms with Crippen LogP contribution in [0.25, 0.3) is 0 Å². The van der Waals surface area contributed by atoms with Gasteiger partial charge < -0.3 is 11.1 Å². The maximum atomic E-state index is 12.3. The van der Waals surface area contributed by atoms with Crippen molar-refractivity contribution in [3.8, 4) is 0 Å². The smallest absolute Gasteiger partial charge is 0.227 e. The Hall–Kier alpha value is -1.06. The van der Waals surface area contributed by atoms with Gasteiger partial charge in [-0.05, 0) is 30.7 Å². The quantitative estimate of drug-likeness (QED) is 0.842. The van der Waals surface area contributed by atoms with Gasteiger partial charge in [0.1, 0.15) is 0 Å². The number of benzene rings is 1. The normalized spacial score (nSPS) is 17.2. The summed E-state index contributed by atoms with van der Waals surface area (Å²) in [5, 5.41) is 3.11. The van der Waals surface area contributed by atoms with Gasteiger partial charge >= 0.3 is 0 Å². The van der Waals surface area contributed by atoms with Gasteiger partial charge in [-0.3, -0.25) is 4.79 Å². The van der Waals surface area contributed by atoms with Gasteiger partial charge in [0.2, 0.25) is 5.91 Å². The van der Waals surface area contributed by atoms with Crippen LogP contribution in [-0.4, -0.2) is 18.5 Å². The molecule has 4 heteroatoms. The van der Waals surface area contributed by atoms with Crippen molar-refractivity contribution >= 4 is 18.3 Å². The van der Waals surface area contributed by atoms with Crippen LogP contribution in [0.5, 0.6) is 0 Å². The summed E-state index contributed by atoms with van der Waals surface area (Å²) in [5.41, 5.74) is 6.81. The minimum Gasteiger partial charge on any atom is -0.351 e. The molecule has 0 saturated heterocycles. The molecule has 0 aromatic heterocycles. The summed E-state index contributed by atoms with van der Waals surface area (Å²) in [6.07, 6.45) is 3.21. The molecule has 1 fully saturated rings. The number of carbonyl (C=O) groups is 1. The minimum atomic E-state index is -0.0565. The first kappa shape index (κ1) is 16.0. The van der Waals surface area contributed by atoms with Crippen molar-refractivity contribution in [3.05, 3.63) is 35.9 Å². The van der Waals surface area contributed by atoms with Crippen molar-refractivity contribution < 1.29 is 4.79 Å². The van der Waals surface area contributed by atoms with Crippen LogP contribution in [0.1, 0.15) is 37.7 Å². The van der Waals surface area contributed by atoms with E-state index in [-0.39, 0.29) is 30.3 Å². The largest absolute Gasteiger partial charge is 0.351 e. The Balaban J connectivity index is 0.00000180. The second-order valence-electron chi connectivity index (χ2n) is 5.06. The molecule has 0 heterocycles. The lowest BCUT2D eigenvalue weighted by Crippen LogP contribution is -2.43. The van der Waals surface area contributed by atoms with Gasteiger partial charge in [-0.2, -0.15) is 0 Å². The molecule has 0 bridgehead atoms. The fourth-order valence-electron chi connectivity index (χ4n) is 2.41. The van der Waals surface area contributed by atoms with E-state index in [9.17, 15) is 4.79 Å². The van der Waals surface area contributed by atoms with Crippen molar-refractivity contribution in [2.24, 2.45) is 11.7 Å². The summed E-state index contributed by atoms with van der Waals surface area (Å²) >= 11 is 0. The average molecular weight is 283 g/mol. The van der Waals surface area contributed by atoms with Crippen LogP contribution in [0.3, 0.4) is 0 Å². The summed E-state index contributed by atoms with van der Waals surface area (Å²) in [7, 11) is 0. The Kier molecular flexibility index (Phi) is 6.32. The molecule has 1 aromatic rings. The van der Waals surface area contributed by atoms with E-state index >= 15 is 0 Å².